The van der Waals surface area contributed by atoms with Crippen molar-refractivity contribution >= 4 is 10.0 Å². The van der Waals surface area contributed by atoms with E-state index in [0.29, 0.717) is 19.8 Å². The van der Waals surface area contributed by atoms with E-state index in [1.54, 1.807) is 6.92 Å². The molecule has 0 radical (unpaired) electrons. The maximum Gasteiger partial charge on any atom is 0.213 e. The minimum absolute atomic E-state index is 0.0251. The van der Waals surface area contributed by atoms with E-state index in [9.17, 15) is 8.42 Å². The van der Waals surface area contributed by atoms with Gasteiger partial charge in [-0.3, -0.25) is 0 Å². The molecule has 1 aliphatic rings. The molecule has 0 aliphatic carbocycles. The Bertz CT molecular complexity index is 246. The zero-order valence-electron chi connectivity index (χ0n) is 8.36. The van der Waals surface area contributed by atoms with Crippen LogP contribution >= 0.6 is 0 Å². The van der Waals surface area contributed by atoms with Crippen LogP contribution < -0.4 is 4.72 Å². The van der Waals surface area contributed by atoms with E-state index in [4.69, 9.17) is 9.47 Å². The van der Waals surface area contributed by atoms with E-state index >= 15 is 0 Å². The minimum Gasteiger partial charge on any atom is -0.379 e. The zero-order valence-corrected chi connectivity index (χ0v) is 9.18. The Morgan fingerprint density at radius 2 is 2.36 bits per heavy atom. The second kappa shape index (κ2) is 5.65. The quantitative estimate of drug-likeness (QED) is 0.673. The Hall–Kier alpha value is -0.170. The van der Waals surface area contributed by atoms with Crippen LogP contribution in [0.2, 0.25) is 0 Å². The van der Waals surface area contributed by atoms with Gasteiger partial charge in [0.15, 0.2) is 0 Å². The molecule has 1 fully saturated rings. The number of rotatable bonds is 6. The molecular formula is C8H17NO4S. The van der Waals surface area contributed by atoms with Gasteiger partial charge in [0.1, 0.15) is 0 Å². The van der Waals surface area contributed by atoms with Gasteiger partial charge in [0.25, 0.3) is 0 Å². The molecule has 0 spiro atoms. The summed E-state index contributed by atoms with van der Waals surface area (Å²) < 4.78 is 35.2. The van der Waals surface area contributed by atoms with Crippen LogP contribution in [0, 0.1) is 0 Å². The van der Waals surface area contributed by atoms with Gasteiger partial charge in [-0.05, 0) is 6.42 Å². The highest BCUT2D eigenvalue weighted by Crippen LogP contribution is 2.07. The van der Waals surface area contributed by atoms with Crippen LogP contribution in [0.25, 0.3) is 0 Å². The summed E-state index contributed by atoms with van der Waals surface area (Å²) in [5, 5.41) is 0. The normalized spacial score (nSPS) is 22.8. The third kappa shape index (κ3) is 4.36. The number of ether oxygens (including phenoxy) is 2. The van der Waals surface area contributed by atoms with Crippen molar-refractivity contribution < 1.29 is 17.9 Å². The molecule has 0 aromatic heterocycles. The van der Waals surface area contributed by atoms with E-state index in [2.05, 4.69) is 4.72 Å². The van der Waals surface area contributed by atoms with E-state index in [-0.39, 0.29) is 18.5 Å². The fourth-order valence-corrected chi connectivity index (χ4v) is 2.16. The predicted octanol–water partition coefficient (Wildman–Crippen LogP) is -0.269. The maximum absolute atomic E-state index is 11.2. The standard InChI is InChI=1S/C8H17NO4S/c1-2-9-14(10,11)6-5-13-8-3-4-12-7-8/h8-9H,2-7H2,1H3. The van der Waals surface area contributed by atoms with Crippen molar-refractivity contribution in [1.82, 2.24) is 4.72 Å². The molecule has 1 unspecified atom stereocenters. The Balaban J connectivity index is 2.13. The molecule has 0 amide bonds. The van der Waals surface area contributed by atoms with Gasteiger partial charge in [-0.2, -0.15) is 0 Å². The first-order chi connectivity index (χ1) is 6.64. The fourth-order valence-electron chi connectivity index (χ4n) is 1.26. The lowest BCUT2D eigenvalue weighted by Crippen LogP contribution is -2.29. The summed E-state index contributed by atoms with van der Waals surface area (Å²) in [6.07, 6.45) is 0.938. The van der Waals surface area contributed by atoms with Gasteiger partial charge in [0.05, 0.1) is 25.1 Å². The number of hydrogen-bond donors (Lipinski definition) is 1. The van der Waals surface area contributed by atoms with Crippen molar-refractivity contribution in [3.05, 3.63) is 0 Å². The Kier molecular flexibility index (Phi) is 4.80. The third-order valence-corrected chi connectivity index (χ3v) is 3.39. The Labute approximate surface area is 84.8 Å². The molecule has 84 valence electrons. The van der Waals surface area contributed by atoms with E-state index in [1.807, 2.05) is 0 Å². The molecule has 1 atom stereocenters. The molecule has 5 nitrogen and oxygen atoms in total. The first-order valence-electron chi connectivity index (χ1n) is 4.81. The van der Waals surface area contributed by atoms with Crippen molar-refractivity contribution in [2.24, 2.45) is 0 Å². The molecule has 1 heterocycles. The number of hydrogen-bond acceptors (Lipinski definition) is 4. The molecule has 14 heavy (non-hydrogen) atoms. The van der Waals surface area contributed by atoms with Crippen LogP contribution in [0.3, 0.4) is 0 Å². The van der Waals surface area contributed by atoms with Gasteiger partial charge < -0.3 is 9.47 Å². The van der Waals surface area contributed by atoms with Crippen molar-refractivity contribution in [1.29, 1.82) is 0 Å². The lowest BCUT2D eigenvalue weighted by atomic mass is 10.3. The maximum atomic E-state index is 11.2. The third-order valence-electron chi connectivity index (χ3n) is 1.96. The molecule has 6 heteroatoms. The molecule has 0 bridgehead atoms. The Morgan fingerprint density at radius 3 is 2.93 bits per heavy atom. The zero-order chi connectivity index (χ0) is 10.4. The van der Waals surface area contributed by atoms with Crippen LogP contribution in [0.1, 0.15) is 13.3 Å². The van der Waals surface area contributed by atoms with E-state index in [1.165, 1.54) is 0 Å². The molecule has 1 saturated heterocycles. The van der Waals surface area contributed by atoms with Gasteiger partial charge in [0, 0.05) is 13.2 Å². The average Bonchev–Trinajstić information content (AvgIpc) is 2.56. The smallest absolute Gasteiger partial charge is 0.213 e. The van der Waals surface area contributed by atoms with Crippen molar-refractivity contribution in [2.75, 3.05) is 32.1 Å². The first kappa shape index (κ1) is 11.9. The number of nitrogens with one attached hydrogen (secondary N) is 1. The van der Waals surface area contributed by atoms with Gasteiger partial charge in [-0.1, -0.05) is 6.92 Å². The SMILES string of the molecule is CCNS(=O)(=O)CCOC1CCOC1. The minimum atomic E-state index is -3.14. The highest BCUT2D eigenvalue weighted by atomic mass is 32.2. The number of sulfonamides is 1. The summed E-state index contributed by atoms with van der Waals surface area (Å²) >= 11 is 0. The molecule has 1 N–H and O–H groups in total. The van der Waals surface area contributed by atoms with Crippen LogP contribution in [0.4, 0.5) is 0 Å². The van der Waals surface area contributed by atoms with E-state index < -0.39 is 10.0 Å². The van der Waals surface area contributed by atoms with Gasteiger partial charge in [-0.15, -0.1) is 0 Å². The van der Waals surface area contributed by atoms with Crippen LogP contribution in [-0.4, -0.2) is 46.6 Å². The topological polar surface area (TPSA) is 64.6 Å². The largest absolute Gasteiger partial charge is 0.379 e. The summed E-state index contributed by atoms with van der Waals surface area (Å²) in [5.74, 6) is 0.0251. The molecule has 0 saturated carbocycles. The predicted molar refractivity (Wildman–Crippen MR) is 52.6 cm³/mol. The van der Waals surface area contributed by atoms with E-state index in [0.717, 1.165) is 6.42 Å². The highest BCUT2D eigenvalue weighted by Gasteiger charge is 2.17. The fraction of sp³-hybridized carbons (Fsp3) is 1.00. The van der Waals surface area contributed by atoms with Crippen molar-refractivity contribution in [3.63, 3.8) is 0 Å². The summed E-state index contributed by atoms with van der Waals surface area (Å²) in [7, 11) is -3.14. The summed E-state index contributed by atoms with van der Waals surface area (Å²) in [4.78, 5) is 0. The summed E-state index contributed by atoms with van der Waals surface area (Å²) in [5.41, 5.74) is 0. The van der Waals surface area contributed by atoms with Crippen LogP contribution in [-0.2, 0) is 19.5 Å². The molecular weight excluding hydrogens is 206 g/mol. The second-order valence-corrected chi connectivity index (χ2v) is 5.10. The Morgan fingerprint density at radius 1 is 1.57 bits per heavy atom. The van der Waals surface area contributed by atoms with Crippen molar-refractivity contribution in [3.8, 4) is 0 Å². The lowest BCUT2D eigenvalue weighted by molar-refractivity contribution is 0.0519. The summed E-state index contributed by atoms with van der Waals surface area (Å²) in [6.45, 7) is 3.72. The van der Waals surface area contributed by atoms with Crippen LogP contribution in [0.15, 0.2) is 0 Å². The summed E-state index contributed by atoms with van der Waals surface area (Å²) in [6, 6.07) is 0. The monoisotopic (exact) mass is 223 g/mol. The molecule has 0 aromatic carbocycles. The lowest BCUT2D eigenvalue weighted by Gasteiger charge is -2.09. The highest BCUT2D eigenvalue weighted by molar-refractivity contribution is 7.89. The van der Waals surface area contributed by atoms with Crippen LogP contribution in [0.5, 0.6) is 0 Å². The molecule has 0 aromatic rings. The van der Waals surface area contributed by atoms with Gasteiger partial charge in [-0.25, -0.2) is 13.1 Å². The van der Waals surface area contributed by atoms with Gasteiger partial charge in [0.2, 0.25) is 10.0 Å². The second-order valence-electron chi connectivity index (χ2n) is 3.17. The molecule has 1 aliphatic heterocycles. The average molecular weight is 223 g/mol. The molecule has 1 rings (SSSR count). The van der Waals surface area contributed by atoms with Gasteiger partial charge >= 0.3 is 0 Å². The van der Waals surface area contributed by atoms with Crippen molar-refractivity contribution in [2.45, 2.75) is 19.4 Å². The first-order valence-corrected chi connectivity index (χ1v) is 6.46.